The molecule has 6 nitrogen and oxygen atoms in total. The predicted octanol–water partition coefficient (Wildman–Crippen LogP) is -2.07. The van der Waals surface area contributed by atoms with Gasteiger partial charge in [0.15, 0.2) is 5.41 Å². The number of hydrogen-bond donors (Lipinski definition) is 0. The van der Waals surface area contributed by atoms with E-state index in [-0.39, 0.29) is 32.0 Å². The second kappa shape index (κ2) is 10.6. The van der Waals surface area contributed by atoms with Crippen LogP contribution in [0, 0.1) is 5.41 Å². The van der Waals surface area contributed by atoms with E-state index in [1.165, 1.54) is 0 Å². The Morgan fingerprint density at radius 1 is 1.09 bits per heavy atom. The Labute approximate surface area is 145 Å². The van der Waals surface area contributed by atoms with E-state index in [1.54, 1.807) is 19.9 Å². The van der Waals surface area contributed by atoms with Crippen molar-refractivity contribution in [2.24, 2.45) is 5.41 Å². The number of esters is 2. The number of piperazine rings is 1. The van der Waals surface area contributed by atoms with E-state index >= 15 is 0 Å². The minimum absolute atomic E-state index is 0. The maximum atomic E-state index is 12.5. The number of rotatable bonds is 8. The van der Waals surface area contributed by atoms with Crippen molar-refractivity contribution in [3.05, 3.63) is 12.7 Å². The molecule has 0 saturated carbocycles. The summed E-state index contributed by atoms with van der Waals surface area (Å²) in [6.07, 6.45) is 1.81. The number of nitrogens with zero attached hydrogens (tertiary/aromatic N) is 2. The summed E-state index contributed by atoms with van der Waals surface area (Å²) < 4.78 is 10.3. The SMILES string of the molecule is C=CCC(CN1CCN(C)CC1)(C(=O)OCC)C(=O)OCC.[Cl-]. The molecule has 0 amide bonds. The van der Waals surface area contributed by atoms with Crippen LogP contribution < -0.4 is 12.4 Å². The molecule has 7 heteroatoms. The zero-order valence-corrected chi connectivity index (χ0v) is 15.1. The Bertz CT molecular complexity index is 378. The molecule has 1 saturated heterocycles. The van der Waals surface area contributed by atoms with Crippen molar-refractivity contribution >= 4 is 11.9 Å². The fourth-order valence-electron chi connectivity index (χ4n) is 2.62. The van der Waals surface area contributed by atoms with Crippen LogP contribution in [0.5, 0.6) is 0 Å². The van der Waals surface area contributed by atoms with Crippen LogP contribution in [0.25, 0.3) is 0 Å². The lowest BCUT2D eigenvalue weighted by Gasteiger charge is -2.38. The largest absolute Gasteiger partial charge is 1.00 e. The van der Waals surface area contributed by atoms with Gasteiger partial charge in [-0.25, -0.2) is 0 Å². The standard InChI is InChI=1S/C16H28N2O4.ClH/c1-5-8-16(14(19)21-6-2,15(20)22-7-3)13-18-11-9-17(4)10-12-18;/h5H,1,6-13H2,2-4H3;1H/p-1. The van der Waals surface area contributed by atoms with Crippen molar-refractivity contribution in [3.63, 3.8) is 0 Å². The number of likely N-dealkylation sites (N-methyl/N-ethyl adjacent to an activating group) is 1. The number of carbonyl (C=O) groups is 2. The molecule has 1 aliphatic heterocycles. The lowest BCUT2D eigenvalue weighted by Crippen LogP contribution is -3.00. The van der Waals surface area contributed by atoms with E-state index in [0.29, 0.717) is 6.54 Å². The van der Waals surface area contributed by atoms with Crippen LogP contribution in [0.2, 0.25) is 0 Å². The average Bonchev–Trinajstić information content (AvgIpc) is 2.49. The Hall–Kier alpha value is -1.11. The molecule has 1 fully saturated rings. The van der Waals surface area contributed by atoms with Crippen molar-refractivity contribution in [2.45, 2.75) is 20.3 Å². The normalized spacial score (nSPS) is 16.3. The molecule has 0 N–H and O–H groups in total. The minimum atomic E-state index is -1.32. The van der Waals surface area contributed by atoms with E-state index in [4.69, 9.17) is 9.47 Å². The molecule has 0 bridgehead atoms. The van der Waals surface area contributed by atoms with Crippen molar-refractivity contribution in [3.8, 4) is 0 Å². The van der Waals surface area contributed by atoms with Gasteiger partial charge in [-0.05, 0) is 27.3 Å². The Balaban J connectivity index is 0.00000484. The van der Waals surface area contributed by atoms with E-state index in [0.717, 1.165) is 26.2 Å². The van der Waals surface area contributed by atoms with E-state index in [2.05, 4.69) is 23.4 Å². The second-order valence-electron chi connectivity index (χ2n) is 5.60. The smallest absolute Gasteiger partial charge is 0.325 e. The summed E-state index contributed by atoms with van der Waals surface area (Å²) in [4.78, 5) is 29.3. The minimum Gasteiger partial charge on any atom is -1.00 e. The number of hydrogen-bond acceptors (Lipinski definition) is 6. The van der Waals surface area contributed by atoms with Crippen LogP contribution in [0.3, 0.4) is 0 Å². The highest BCUT2D eigenvalue weighted by molar-refractivity contribution is 6.00. The molecule has 0 unspecified atom stereocenters. The molecule has 134 valence electrons. The molecule has 0 radical (unpaired) electrons. The first-order chi connectivity index (χ1) is 10.5. The summed E-state index contributed by atoms with van der Waals surface area (Å²) >= 11 is 0. The number of ether oxygens (including phenoxy) is 2. The summed E-state index contributed by atoms with van der Waals surface area (Å²) in [5.41, 5.74) is -1.32. The maximum Gasteiger partial charge on any atom is 0.325 e. The number of halogens is 1. The average molecular weight is 348 g/mol. The second-order valence-corrected chi connectivity index (χ2v) is 5.60. The third kappa shape index (κ3) is 5.79. The van der Waals surface area contributed by atoms with Gasteiger partial charge in [0.05, 0.1) is 13.2 Å². The Morgan fingerprint density at radius 3 is 1.96 bits per heavy atom. The lowest BCUT2D eigenvalue weighted by atomic mass is 9.83. The highest BCUT2D eigenvalue weighted by Gasteiger charge is 2.49. The topological polar surface area (TPSA) is 59.1 Å². The van der Waals surface area contributed by atoms with Gasteiger partial charge in [-0.1, -0.05) is 6.08 Å². The highest BCUT2D eigenvalue weighted by Crippen LogP contribution is 2.29. The molecule has 1 rings (SSSR count). The molecular formula is C16H28ClN2O4-. The maximum absolute atomic E-state index is 12.5. The Morgan fingerprint density at radius 2 is 1.57 bits per heavy atom. The van der Waals surface area contributed by atoms with Crippen LogP contribution in [0.1, 0.15) is 20.3 Å². The summed E-state index contributed by atoms with van der Waals surface area (Å²) in [5.74, 6) is -1.04. The van der Waals surface area contributed by atoms with Crippen LogP contribution in [0.15, 0.2) is 12.7 Å². The summed E-state index contributed by atoms with van der Waals surface area (Å²) in [5, 5.41) is 0. The molecule has 0 aromatic carbocycles. The van der Waals surface area contributed by atoms with Gasteiger partial charge in [0.25, 0.3) is 0 Å². The first kappa shape index (κ1) is 21.9. The zero-order chi connectivity index (χ0) is 16.6. The van der Waals surface area contributed by atoms with Crippen molar-refractivity contribution in [2.75, 3.05) is 53.0 Å². The molecule has 0 spiro atoms. The van der Waals surface area contributed by atoms with Crippen LogP contribution in [-0.4, -0.2) is 74.7 Å². The van der Waals surface area contributed by atoms with Gasteiger partial charge in [0.1, 0.15) is 0 Å². The van der Waals surface area contributed by atoms with E-state index in [1.807, 2.05) is 0 Å². The first-order valence-electron chi connectivity index (χ1n) is 7.86. The fraction of sp³-hybridized carbons (Fsp3) is 0.750. The summed E-state index contributed by atoms with van der Waals surface area (Å²) in [6.45, 7) is 11.4. The molecule has 0 aromatic heterocycles. The number of carbonyl (C=O) groups excluding carboxylic acids is 2. The van der Waals surface area contributed by atoms with Crippen LogP contribution >= 0.6 is 0 Å². The number of allylic oxidation sites excluding steroid dienone is 1. The summed E-state index contributed by atoms with van der Waals surface area (Å²) in [6, 6.07) is 0. The molecule has 1 heterocycles. The highest BCUT2D eigenvalue weighted by atomic mass is 35.5. The summed E-state index contributed by atoms with van der Waals surface area (Å²) in [7, 11) is 2.06. The van der Waals surface area contributed by atoms with Gasteiger partial charge in [0, 0.05) is 32.7 Å². The molecule has 0 aliphatic carbocycles. The van der Waals surface area contributed by atoms with Crippen molar-refractivity contribution in [1.29, 1.82) is 0 Å². The molecular weight excluding hydrogens is 320 g/mol. The zero-order valence-electron chi connectivity index (χ0n) is 14.3. The predicted molar refractivity (Wildman–Crippen MR) is 84.5 cm³/mol. The first-order valence-corrected chi connectivity index (χ1v) is 7.86. The van der Waals surface area contributed by atoms with Gasteiger partial charge in [-0.15, -0.1) is 6.58 Å². The van der Waals surface area contributed by atoms with E-state index in [9.17, 15) is 9.59 Å². The van der Waals surface area contributed by atoms with Crippen molar-refractivity contribution in [1.82, 2.24) is 9.80 Å². The van der Waals surface area contributed by atoms with Crippen LogP contribution in [0.4, 0.5) is 0 Å². The molecule has 23 heavy (non-hydrogen) atoms. The van der Waals surface area contributed by atoms with Gasteiger partial charge in [-0.2, -0.15) is 0 Å². The van der Waals surface area contributed by atoms with Gasteiger partial charge >= 0.3 is 11.9 Å². The van der Waals surface area contributed by atoms with Gasteiger partial charge in [-0.3, -0.25) is 14.5 Å². The monoisotopic (exact) mass is 347 g/mol. The lowest BCUT2D eigenvalue weighted by molar-refractivity contribution is -0.173. The third-order valence-electron chi connectivity index (χ3n) is 3.91. The van der Waals surface area contributed by atoms with Gasteiger partial charge in [0.2, 0.25) is 0 Å². The van der Waals surface area contributed by atoms with Crippen LogP contribution in [-0.2, 0) is 19.1 Å². The van der Waals surface area contributed by atoms with Gasteiger partial charge < -0.3 is 26.8 Å². The van der Waals surface area contributed by atoms with E-state index < -0.39 is 17.4 Å². The van der Waals surface area contributed by atoms with Crippen molar-refractivity contribution < 1.29 is 31.5 Å². The quantitative estimate of drug-likeness (QED) is 0.285. The Kier molecular flexibility index (Phi) is 10.1. The third-order valence-corrected chi connectivity index (χ3v) is 3.91. The molecule has 1 aliphatic rings. The molecule has 0 aromatic rings. The molecule has 0 atom stereocenters. The fourth-order valence-corrected chi connectivity index (χ4v) is 2.62.